The Kier molecular flexibility index (Phi) is 4.45. The van der Waals surface area contributed by atoms with Crippen molar-refractivity contribution in [3.05, 3.63) is 51.8 Å². The second-order valence-corrected chi connectivity index (χ2v) is 6.32. The van der Waals surface area contributed by atoms with Crippen LogP contribution in [-0.2, 0) is 13.1 Å². The minimum atomic E-state index is -0.536. The lowest BCUT2D eigenvalue weighted by Crippen LogP contribution is -2.23. The van der Waals surface area contributed by atoms with E-state index in [1.807, 2.05) is 0 Å². The first-order chi connectivity index (χ1) is 11.8. The average Bonchev–Trinajstić information content (AvgIpc) is 2.85. The van der Waals surface area contributed by atoms with Gasteiger partial charge in [-0.1, -0.05) is 17.7 Å². The van der Waals surface area contributed by atoms with Crippen LogP contribution in [0.4, 0.5) is 4.39 Å². The van der Waals surface area contributed by atoms with Crippen LogP contribution in [0, 0.1) is 5.82 Å². The molecule has 0 spiro atoms. The Morgan fingerprint density at radius 2 is 2.04 bits per heavy atom. The highest BCUT2D eigenvalue weighted by molar-refractivity contribution is 6.30. The van der Waals surface area contributed by atoms with Gasteiger partial charge in [0, 0.05) is 32.3 Å². The summed E-state index contributed by atoms with van der Waals surface area (Å²) in [5.41, 5.74) is 1.12. The highest BCUT2D eigenvalue weighted by Gasteiger charge is 2.35. The summed E-state index contributed by atoms with van der Waals surface area (Å²) in [5, 5.41) is 21.3. The monoisotopic (exact) mass is 366 g/mol. The van der Waals surface area contributed by atoms with Crippen LogP contribution in [-0.4, -0.2) is 40.2 Å². The van der Waals surface area contributed by atoms with Gasteiger partial charge in [-0.05, 0) is 17.7 Å². The van der Waals surface area contributed by atoms with Gasteiger partial charge < -0.3 is 20.0 Å². The van der Waals surface area contributed by atoms with Crippen LogP contribution in [0.25, 0.3) is 0 Å². The van der Waals surface area contributed by atoms with Crippen LogP contribution in [0.5, 0.6) is 17.2 Å². The summed E-state index contributed by atoms with van der Waals surface area (Å²) in [5.74, 6) is -1.62. The Morgan fingerprint density at radius 3 is 2.68 bits per heavy atom. The van der Waals surface area contributed by atoms with Gasteiger partial charge in [0.1, 0.15) is 5.82 Å². The van der Waals surface area contributed by atoms with E-state index < -0.39 is 23.2 Å². The maximum Gasteiger partial charge on any atom is 0.258 e. The second-order valence-electron chi connectivity index (χ2n) is 5.91. The standard InChI is InChI=1S/C17H16ClFN2O4/c1-20(2)25-14-6-13(22)16(23)15-10(14)8-21(17(15)24)7-9-3-4-12(19)11(18)5-9/h3-6,22-23H,7-8H2,1-2H3. The van der Waals surface area contributed by atoms with Crippen molar-refractivity contribution in [2.24, 2.45) is 0 Å². The Balaban J connectivity index is 1.94. The van der Waals surface area contributed by atoms with E-state index in [1.165, 1.54) is 34.2 Å². The summed E-state index contributed by atoms with van der Waals surface area (Å²) in [6, 6.07) is 5.47. The van der Waals surface area contributed by atoms with Crippen LogP contribution in [0.1, 0.15) is 21.5 Å². The van der Waals surface area contributed by atoms with E-state index in [-0.39, 0.29) is 29.4 Å². The first kappa shape index (κ1) is 17.3. The van der Waals surface area contributed by atoms with E-state index in [1.54, 1.807) is 14.1 Å². The van der Waals surface area contributed by atoms with E-state index in [2.05, 4.69) is 0 Å². The molecule has 2 N–H and O–H groups in total. The largest absolute Gasteiger partial charge is 0.504 e. The van der Waals surface area contributed by atoms with Crippen molar-refractivity contribution < 1.29 is 24.2 Å². The van der Waals surface area contributed by atoms with Crippen LogP contribution >= 0.6 is 11.6 Å². The number of rotatable bonds is 4. The smallest absolute Gasteiger partial charge is 0.258 e. The molecule has 8 heteroatoms. The third-order valence-electron chi connectivity index (χ3n) is 3.83. The van der Waals surface area contributed by atoms with Crippen LogP contribution in [0.15, 0.2) is 24.3 Å². The molecule has 2 aromatic carbocycles. The summed E-state index contributed by atoms with van der Waals surface area (Å²) in [7, 11) is 3.32. The lowest BCUT2D eigenvalue weighted by atomic mass is 10.1. The van der Waals surface area contributed by atoms with Gasteiger partial charge in [-0.25, -0.2) is 4.39 Å². The molecule has 0 unspecified atom stereocenters. The van der Waals surface area contributed by atoms with Gasteiger partial charge in [0.2, 0.25) is 0 Å². The van der Waals surface area contributed by atoms with Crippen molar-refractivity contribution >= 4 is 17.5 Å². The molecule has 6 nitrogen and oxygen atoms in total. The van der Waals surface area contributed by atoms with Crippen molar-refractivity contribution in [1.29, 1.82) is 0 Å². The van der Waals surface area contributed by atoms with Crippen molar-refractivity contribution in [1.82, 2.24) is 9.96 Å². The van der Waals surface area contributed by atoms with Gasteiger partial charge in [0.25, 0.3) is 5.91 Å². The normalized spacial score (nSPS) is 13.5. The quantitative estimate of drug-likeness (QED) is 0.643. The van der Waals surface area contributed by atoms with E-state index >= 15 is 0 Å². The third-order valence-corrected chi connectivity index (χ3v) is 4.12. The van der Waals surface area contributed by atoms with Crippen LogP contribution in [0.2, 0.25) is 5.02 Å². The van der Waals surface area contributed by atoms with Gasteiger partial charge in [0.05, 0.1) is 17.1 Å². The minimum absolute atomic E-state index is 0.00468. The predicted octanol–water partition coefficient (Wildman–Crippen LogP) is 2.90. The molecule has 132 valence electrons. The number of phenolic OH excluding ortho intramolecular Hbond substituents is 2. The maximum absolute atomic E-state index is 13.3. The minimum Gasteiger partial charge on any atom is -0.504 e. The zero-order chi connectivity index (χ0) is 18.3. The highest BCUT2D eigenvalue weighted by atomic mass is 35.5. The molecular formula is C17H16ClFN2O4. The number of amides is 1. The molecule has 0 saturated heterocycles. The summed E-state index contributed by atoms with van der Waals surface area (Å²) in [4.78, 5) is 19.6. The van der Waals surface area contributed by atoms with Gasteiger partial charge in [-0.2, -0.15) is 5.06 Å². The van der Waals surface area contributed by atoms with Crippen molar-refractivity contribution in [2.75, 3.05) is 14.1 Å². The van der Waals surface area contributed by atoms with E-state index in [9.17, 15) is 19.4 Å². The number of aromatic hydroxyl groups is 2. The van der Waals surface area contributed by atoms with Gasteiger partial charge >= 0.3 is 0 Å². The SMILES string of the molecule is CN(C)Oc1cc(O)c(O)c2c1CN(Cc1ccc(F)c(Cl)c1)C2=O. The number of phenols is 2. The maximum atomic E-state index is 13.3. The predicted molar refractivity (Wildman–Crippen MR) is 89.1 cm³/mol. The molecule has 1 heterocycles. The lowest BCUT2D eigenvalue weighted by Gasteiger charge is -2.17. The number of halogens is 2. The summed E-state index contributed by atoms with van der Waals surface area (Å²) in [6.45, 7) is 0.356. The fourth-order valence-corrected chi connectivity index (χ4v) is 2.95. The van der Waals surface area contributed by atoms with Crippen molar-refractivity contribution in [3.8, 4) is 17.2 Å². The molecule has 0 bridgehead atoms. The molecule has 2 aromatic rings. The molecule has 1 aliphatic heterocycles. The van der Waals surface area contributed by atoms with E-state index in [4.69, 9.17) is 16.4 Å². The van der Waals surface area contributed by atoms with Crippen molar-refractivity contribution in [2.45, 2.75) is 13.1 Å². The Hall–Kier alpha value is -2.51. The van der Waals surface area contributed by atoms with E-state index in [0.29, 0.717) is 11.1 Å². The molecule has 3 rings (SSSR count). The Labute approximate surface area is 148 Å². The number of hydrogen-bond acceptors (Lipinski definition) is 5. The molecule has 0 aliphatic carbocycles. The first-order valence-corrected chi connectivity index (χ1v) is 7.82. The summed E-state index contributed by atoms with van der Waals surface area (Å²) >= 11 is 5.78. The summed E-state index contributed by atoms with van der Waals surface area (Å²) in [6.07, 6.45) is 0. The molecule has 0 fully saturated rings. The van der Waals surface area contributed by atoms with Gasteiger partial charge in [-0.3, -0.25) is 4.79 Å². The molecule has 1 aliphatic rings. The average molecular weight is 367 g/mol. The zero-order valence-electron chi connectivity index (χ0n) is 13.6. The number of nitrogens with zero attached hydrogens (tertiary/aromatic N) is 2. The number of carbonyl (C=O) groups excluding carboxylic acids is 1. The molecule has 25 heavy (non-hydrogen) atoms. The summed E-state index contributed by atoms with van der Waals surface area (Å²) < 4.78 is 13.3. The topological polar surface area (TPSA) is 73.2 Å². The lowest BCUT2D eigenvalue weighted by molar-refractivity contribution is -0.00479. The van der Waals surface area contributed by atoms with E-state index in [0.717, 1.165) is 0 Å². The second kappa shape index (κ2) is 6.42. The molecule has 0 saturated carbocycles. The number of carbonyl (C=O) groups is 1. The molecular weight excluding hydrogens is 351 g/mol. The molecule has 0 atom stereocenters. The van der Waals surface area contributed by atoms with Crippen molar-refractivity contribution in [3.63, 3.8) is 0 Å². The zero-order valence-corrected chi connectivity index (χ0v) is 14.3. The van der Waals surface area contributed by atoms with Gasteiger partial charge in [-0.15, -0.1) is 0 Å². The molecule has 0 radical (unpaired) electrons. The van der Waals surface area contributed by atoms with Crippen LogP contribution in [0.3, 0.4) is 0 Å². The van der Waals surface area contributed by atoms with Crippen LogP contribution < -0.4 is 4.84 Å². The van der Waals surface area contributed by atoms with Gasteiger partial charge in [0.15, 0.2) is 17.2 Å². The highest BCUT2D eigenvalue weighted by Crippen LogP contribution is 2.43. The third kappa shape index (κ3) is 3.20. The number of benzene rings is 2. The Morgan fingerprint density at radius 1 is 1.32 bits per heavy atom. The number of hydroxylamine groups is 2. The first-order valence-electron chi connectivity index (χ1n) is 7.44. The number of hydrogen-bond donors (Lipinski definition) is 2. The fourth-order valence-electron chi connectivity index (χ4n) is 2.75. The molecule has 0 aromatic heterocycles. The fraction of sp³-hybridized carbons (Fsp3) is 0.235. The Bertz CT molecular complexity index is 857. The molecule has 1 amide bonds. The number of fused-ring (bicyclic) bond motifs is 1.